The summed E-state index contributed by atoms with van der Waals surface area (Å²) in [5.74, 6) is 2.06. The fraction of sp³-hybridized carbons (Fsp3) is 0.433. The van der Waals surface area contributed by atoms with E-state index in [-0.39, 0.29) is 11.3 Å². The van der Waals surface area contributed by atoms with Crippen LogP contribution >= 0.6 is 0 Å². The zero-order chi connectivity index (χ0) is 26.8. The molecule has 0 unspecified atom stereocenters. The van der Waals surface area contributed by atoms with E-state index in [1.807, 2.05) is 50.3 Å². The molecule has 2 aliphatic rings. The Bertz CT molecular complexity index is 1120. The molecule has 1 saturated heterocycles. The normalized spacial score (nSPS) is 17.2. The largest absolute Gasteiger partial charge is 0.464 e. The van der Waals surface area contributed by atoms with E-state index in [2.05, 4.69) is 29.2 Å². The lowest BCUT2D eigenvalue weighted by molar-refractivity contribution is -0.124. The molecule has 0 saturated carbocycles. The average Bonchev–Trinajstić information content (AvgIpc) is 3.14. The molecule has 0 bridgehead atoms. The van der Waals surface area contributed by atoms with Crippen LogP contribution in [0.1, 0.15) is 51.2 Å². The van der Waals surface area contributed by atoms with Gasteiger partial charge in [-0.05, 0) is 93.6 Å². The Balaban J connectivity index is 1.69. The topological polar surface area (TPSA) is 74.8 Å². The van der Waals surface area contributed by atoms with E-state index in [4.69, 9.17) is 4.74 Å². The summed E-state index contributed by atoms with van der Waals surface area (Å²) in [5, 5.41) is 2.74. The van der Waals surface area contributed by atoms with Gasteiger partial charge in [0.15, 0.2) is 0 Å². The Morgan fingerprint density at radius 3 is 2.70 bits per heavy atom. The predicted molar refractivity (Wildman–Crippen MR) is 150 cm³/mol. The molecule has 7 nitrogen and oxygen atoms in total. The number of amides is 2. The molecule has 1 fully saturated rings. The summed E-state index contributed by atoms with van der Waals surface area (Å²) >= 11 is 0. The number of aromatic nitrogens is 1. The number of nitrogens with one attached hydrogen (secondary N) is 1. The highest BCUT2D eigenvalue weighted by Gasteiger charge is 2.30. The minimum Gasteiger partial charge on any atom is -0.464 e. The van der Waals surface area contributed by atoms with Gasteiger partial charge in [0.2, 0.25) is 12.3 Å². The summed E-state index contributed by atoms with van der Waals surface area (Å²) in [6, 6.07) is 2.02. The van der Waals surface area contributed by atoms with E-state index < -0.39 is 0 Å². The molecule has 1 aromatic heterocycles. The van der Waals surface area contributed by atoms with Crippen LogP contribution < -0.4 is 5.32 Å². The number of ether oxygens (including phenoxy) is 1. The lowest BCUT2D eigenvalue weighted by atomic mass is 9.75. The van der Waals surface area contributed by atoms with Gasteiger partial charge in [-0.15, -0.1) is 0 Å². The highest BCUT2D eigenvalue weighted by atomic mass is 16.5. The molecule has 1 aliphatic carbocycles. The minimum absolute atomic E-state index is 0.129. The van der Waals surface area contributed by atoms with Gasteiger partial charge >= 0.3 is 0 Å². The van der Waals surface area contributed by atoms with Crippen molar-refractivity contribution in [3.8, 4) is 0 Å². The number of hydrogen-bond donors (Lipinski definition) is 1. The molecular formula is C30H40N4O3. The number of carbonyl (C=O) groups excluding carboxylic acids is 2. The number of carbonyl (C=O) groups is 2. The number of piperidine rings is 1. The molecule has 1 aromatic rings. The lowest BCUT2D eigenvalue weighted by Gasteiger charge is -2.38. The van der Waals surface area contributed by atoms with Gasteiger partial charge in [-0.2, -0.15) is 0 Å². The van der Waals surface area contributed by atoms with Crippen molar-refractivity contribution in [3.63, 3.8) is 0 Å². The molecule has 7 heteroatoms. The van der Waals surface area contributed by atoms with Gasteiger partial charge in [0.05, 0.1) is 6.54 Å². The first-order chi connectivity index (χ1) is 17.7. The van der Waals surface area contributed by atoms with Crippen molar-refractivity contribution in [1.82, 2.24) is 14.8 Å². The Morgan fingerprint density at radius 1 is 1.24 bits per heavy atom. The van der Waals surface area contributed by atoms with Crippen LogP contribution in [0.5, 0.6) is 0 Å². The van der Waals surface area contributed by atoms with Gasteiger partial charge in [0.25, 0.3) is 0 Å². The second kappa shape index (κ2) is 13.2. The van der Waals surface area contributed by atoms with Gasteiger partial charge in [-0.3, -0.25) is 9.59 Å². The molecule has 1 aliphatic heterocycles. The first kappa shape index (κ1) is 28.1. The molecule has 198 valence electrons. The highest BCUT2D eigenvalue weighted by molar-refractivity contribution is 5.91. The molecule has 1 N–H and O–H groups in total. The van der Waals surface area contributed by atoms with E-state index in [1.54, 1.807) is 30.3 Å². The maximum Gasteiger partial charge on any atom is 0.246 e. The van der Waals surface area contributed by atoms with Crippen LogP contribution in [0.3, 0.4) is 0 Å². The molecule has 0 atom stereocenters. The second-order valence-corrected chi connectivity index (χ2v) is 10.5. The van der Waals surface area contributed by atoms with Crippen LogP contribution in [0.4, 0.5) is 5.82 Å². The smallest absolute Gasteiger partial charge is 0.246 e. The highest BCUT2D eigenvalue weighted by Crippen LogP contribution is 2.36. The number of hydrogen-bond acceptors (Lipinski definition) is 5. The summed E-state index contributed by atoms with van der Waals surface area (Å²) in [4.78, 5) is 32.5. The van der Waals surface area contributed by atoms with Crippen molar-refractivity contribution >= 4 is 24.2 Å². The number of likely N-dealkylation sites (N-methyl/N-ethyl adjacent to an activating group) is 1. The minimum atomic E-state index is -0.129. The average molecular weight is 505 g/mol. The maximum atomic E-state index is 12.9. The van der Waals surface area contributed by atoms with Gasteiger partial charge in [0, 0.05) is 25.7 Å². The lowest BCUT2D eigenvalue weighted by Crippen LogP contribution is -2.37. The third-order valence-electron chi connectivity index (χ3n) is 6.94. The summed E-state index contributed by atoms with van der Waals surface area (Å²) in [7, 11) is 3.91. The van der Waals surface area contributed by atoms with Crippen molar-refractivity contribution in [2.45, 2.75) is 46.5 Å². The Hall–Kier alpha value is -3.45. The number of nitrogens with zero attached hydrogens (tertiary/aromatic N) is 3. The Morgan fingerprint density at radius 2 is 2.00 bits per heavy atom. The van der Waals surface area contributed by atoms with E-state index in [0.29, 0.717) is 25.2 Å². The zero-order valence-electron chi connectivity index (χ0n) is 22.8. The second-order valence-electron chi connectivity index (χ2n) is 10.5. The summed E-state index contributed by atoms with van der Waals surface area (Å²) in [6.07, 6.45) is 19.3. The van der Waals surface area contributed by atoms with E-state index >= 15 is 0 Å². The molecule has 37 heavy (non-hydrogen) atoms. The van der Waals surface area contributed by atoms with Crippen LogP contribution in [-0.2, 0) is 20.7 Å². The maximum absolute atomic E-state index is 12.9. The third kappa shape index (κ3) is 8.57. The Kier molecular flexibility index (Phi) is 10.0. The van der Waals surface area contributed by atoms with Gasteiger partial charge < -0.3 is 19.9 Å². The Labute approximate surface area is 221 Å². The van der Waals surface area contributed by atoms with Crippen molar-refractivity contribution in [3.05, 3.63) is 76.9 Å². The number of likely N-dealkylation sites (tertiary alicyclic amines) is 1. The molecule has 0 spiro atoms. The van der Waals surface area contributed by atoms with Crippen LogP contribution in [0.2, 0.25) is 0 Å². The fourth-order valence-corrected chi connectivity index (χ4v) is 4.41. The summed E-state index contributed by atoms with van der Waals surface area (Å²) in [6.45, 7) is 8.76. The van der Waals surface area contributed by atoms with Gasteiger partial charge in [0.1, 0.15) is 17.3 Å². The first-order valence-corrected chi connectivity index (χ1v) is 12.9. The number of rotatable bonds is 10. The first-order valence-electron chi connectivity index (χ1n) is 12.9. The monoisotopic (exact) mass is 504 g/mol. The van der Waals surface area contributed by atoms with E-state index in [0.717, 1.165) is 60.6 Å². The summed E-state index contributed by atoms with van der Waals surface area (Å²) in [5.41, 5.74) is 2.98. The van der Waals surface area contributed by atoms with Gasteiger partial charge in [-0.25, -0.2) is 4.98 Å². The van der Waals surface area contributed by atoms with Crippen LogP contribution in [0, 0.1) is 5.41 Å². The van der Waals surface area contributed by atoms with Crippen LogP contribution in [0.25, 0.3) is 6.08 Å². The van der Waals surface area contributed by atoms with Crippen LogP contribution in [0.15, 0.2) is 65.8 Å². The standard InChI is InChI=1S/C30H40N4O3/c1-23(2)27(37-26-10-8-6-7-9-11-26)21-34(5)28(36)13-12-24-18-25(29(31-20-24)32-22-35)19-30(3)14-16-33(4)17-15-30/h6-10,12-13,18,20,22H,11,14-17,19,21H2,1-5H3,(H,31,32,35)/b13-12+. The molecule has 0 radical (unpaired) electrons. The number of anilines is 1. The summed E-state index contributed by atoms with van der Waals surface area (Å²) < 4.78 is 6.13. The van der Waals surface area contributed by atoms with E-state index in [9.17, 15) is 9.59 Å². The molecule has 2 amide bonds. The van der Waals surface area contributed by atoms with Crippen molar-refractivity contribution < 1.29 is 14.3 Å². The van der Waals surface area contributed by atoms with E-state index in [1.165, 1.54) is 0 Å². The molecule has 2 heterocycles. The predicted octanol–water partition coefficient (Wildman–Crippen LogP) is 5.11. The van der Waals surface area contributed by atoms with Crippen molar-refractivity contribution in [1.29, 1.82) is 0 Å². The SMILES string of the molecule is CC(C)=C(CN(C)C(=O)/C=C/c1cnc(NC=O)c(CC2(C)CCN(C)CC2)c1)OC1=CC=CC=CC1. The zero-order valence-corrected chi connectivity index (χ0v) is 22.8. The van der Waals surface area contributed by atoms with Gasteiger partial charge in [-0.1, -0.05) is 31.2 Å². The quantitative estimate of drug-likeness (QED) is 0.272. The molecule has 0 aromatic carbocycles. The molecular weight excluding hydrogens is 464 g/mol. The van der Waals surface area contributed by atoms with Crippen molar-refractivity contribution in [2.75, 3.05) is 39.0 Å². The van der Waals surface area contributed by atoms with Crippen molar-refractivity contribution in [2.24, 2.45) is 5.41 Å². The van der Waals surface area contributed by atoms with Crippen LogP contribution in [-0.4, -0.2) is 60.8 Å². The molecule has 3 rings (SSSR count). The number of allylic oxidation sites excluding steroid dienone is 6. The third-order valence-corrected chi connectivity index (χ3v) is 6.94. The fourth-order valence-electron chi connectivity index (χ4n) is 4.41. The number of pyridine rings is 1.